The van der Waals surface area contributed by atoms with Crippen LogP contribution in [0.5, 0.6) is 11.5 Å². The second kappa shape index (κ2) is 5.96. The molecule has 3 rings (SSSR count). The van der Waals surface area contributed by atoms with Crippen molar-refractivity contribution in [2.24, 2.45) is 0 Å². The van der Waals surface area contributed by atoms with E-state index >= 15 is 0 Å². The number of hydrogen-bond donors (Lipinski definition) is 4. The lowest BCUT2D eigenvalue weighted by Gasteiger charge is -2.08. The lowest BCUT2D eigenvalue weighted by molar-refractivity contribution is -0.384. The van der Waals surface area contributed by atoms with Crippen molar-refractivity contribution in [3.05, 3.63) is 68.5 Å². The molecule has 9 heteroatoms. The number of rotatable bonds is 3. The number of nitro groups is 1. The molecule has 0 aliphatic rings. The molecule has 0 aliphatic heterocycles. The fourth-order valence-corrected chi connectivity index (χ4v) is 2.33. The molecule has 1 heterocycles. The van der Waals surface area contributed by atoms with Crippen molar-refractivity contribution >= 4 is 28.2 Å². The summed E-state index contributed by atoms with van der Waals surface area (Å²) in [6.07, 6.45) is 0. The van der Waals surface area contributed by atoms with Gasteiger partial charge in [-0.2, -0.15) is 0 Å². The smallest absolute Gasteiger partial charge is 0.270 e. The van der Waals surface area contributed by atoms with E-state index in [2.05, 4.69) is 10.3 Å². The molecule has 0 unspecified atom stereocenters. The zero-order valence-corrected chi connectivity index (χ0v) is 12.5. The van der Waals surface area contributed by atoms with E-state index in [4.69, 9.17) is 0 Å². The van der Waals surface area contributed by atoms with Crippen LogP contribution < -0.4 is 10.9 Å². The molecule has 0 radical (unpaired) electrons. The number of benzene rings is 2. The standard InChI is InChI=1S/C16H11N3O6/c20-10-4-1-8(2-5-10)17-15(22)13-14(21)11-7-9(19(24)25)3-6-12(11)18-16(13)23/h1-7,20H,(H,17,22)(H2,18,21,23). The van der Waals surface area contributed by atoms with Gasteiger partial charge in [0.15, 0.2) is 0 Å². The molecule has 0 bridgehead atoms. The van der Waals surface area contributed by atoms with Gasteiger partial charge in [-0.05, 0) is 30.3 Å². The highest BCUT2D eigenvalue weighted by molar-refractivity contribution is 6.09. The number of anilines is 1. The Kier molecular flexibility index (Phi) is 3.82. The van der Waals surface area contributed by atoms with Crippen LogP contribution in [0.1, 0.15) is 10.4 Å². The van der Waals surface area contributed by atoms with E-state index in [9.17, 15) is 29.9 Å². The molecule has 9 nitrogen and oxygen atoms in total. The molecule has 1 amide bonds. The first-order valence-electron chi connectivity index (χ1n) is 7.00. The van der Waals surface area contributed by atoms with Crippen LogP contribution in [0, 0.1) is 10.1 Å². The van der Waals surface area contributed by atoms with Gasteiger partial charge in [-0.3, -0.25) is 19.7 Å². The number of phenols is 1. The first-order chi connectivity index (χ1) is 11.9. The van der Waals surface area contributed by atoms with E-state index in [1.165, 1.54) is 36.4 Å². The Bertz CT molecular complexity index is 1060. The minimum Gasteiger partial charge on any atom is -0.508 e. The molecule has 25 heavy (non-hydrogen) atoms. The Labute approximate surface area is 139 Å². The summed E-state index contributed by atoms with van der Waals surface area (Å²) in [5.74, 6) is -1.55. The molecular formula is C16H11N3O6. The van der Waals surface area contributed by atoms with Crippen molar-refractivity contribution in [2.75, 3.05) is 5.32 Å². The number of non-ortho nitro benzene ring substituents is 1. The highest BCUT2D eigenvalue weighted by Crippen LogP contribution is 2.28. The normalized spacial score (nSPS) is 10.6. The maximum Gasteiger partial charge on any atom is 0.270 e. The van der Waals surface area contributed by atoms with E-state index in [1.807, 2.05) is 0 Å². The Morgan fingerprint density at radius 1 is 1.12 bits per heavy atom. The van der Waals surface area contributed by atoms with Gasteiger partial charge in [0.05, 0.1) is 10.4 Å². The predicted molar refractivity (Wildman–Crippen MR) is 88.9 cm³/mol. The summed E-state index contributed by atoms with van der Waals surface area (Å²) in [7, 11) is 0. The molecule has 4 N–H and O–H groups in total. The summed E-state index contributed by atoms with van der Waals surface area (Å²) in [5.41, 5.74) is -1.24. The number of hydrogen-bond acceptors (Lipinski definition) is 6. The number of amides is 1. The Morgan fingerprint density at radius 2 is 1.80 bits per heavy atom. The molecule has 126 valence electrons. The molecule has 3 aromatic rings. The number of nitrogens with one attached hydrogen (secondary N) is 2. The summed E-state index contributed by atoms with van der Waals surface area (Å²) < 4.78 is 0. The van der Waals surface area contributed by atoms with Gasteiger partial charge in [0.2, 0.25) is 0 Å². The Balaban J connectivity index is 2.08. The van der Waals surface area contributed by atoms with Gasteiger partial charge in [-0.1, -0.05) is 0 Å². The van der Waals surface area contributed by atoms with E-state index in [0.29, 0.717) is 5.69 Å². The third-order valence-electron chi connectivity index (χ3n) is 3.53. The van der Waals surface area contributed by atoms with Gasteiger partial charge in [-0.25, -0.2) is 0 Å². The fraction of sp³-hybridized carbons (Fsp3) is 0. The van der Waals surface area contributed by atoms with Gasteiger partial charge in [0.25, 0.3) is 17.2 Å². The van der Waals surface area contributed by atoms with Gasteiger partial charge in [-0.15, -0.1) is 0 Å². The molecular weight excluding hydrogens is 330 g/mol. The van der Waals surface area contributed by atoms with Crippen LogP contribution in [-0.2, 0) is 0 Å². The third kappa shape index (κ3) is 2.98. The number of nitrogens with zero attached hydrogens (tertiary/aromatic N) is 1. The zero-order valence-electron chi connectivity index (χ0n) is 12.5. The number of phenolic OH excluding ortho intramolecular Hbond substituents is 1. The second-order valence-electron chi connectivity index (χ2n) is 5.17. The van der Waals surface area contributed by atoms with Crippen molar-refractivity contribution in [3.63, 3.8) is 0 Å². The fourth-order valence-electron chi connectivity index (χ4n) is 2.33. The number of aromatic hydroxyl groups is 2. The molecule has 0 fully saturated rings. The molecule has 0 saturated carbocycles. The van der Waals surface area contributed by atoms with Crippen LogP contribution in [0.3, 0.4) is 0 Å². The molecule has 0 saturated heterocycles. The second-order valence-corrected chi connectivity index (χ2v) is 5.17. The summed E-state index contributed by atoms with van der Waals surface area (Å²) in [6.45, 7) is 0. The van der Waals surface area contributed by atoms with E-state index < -0.39 is 27.7 Å². The van der Waals surface area contributed by atoms with Crippen molar-refractivity contribution in [1.82, 2.24) is 4.98 Å². The topological polar surface area (TPSA) is 146 Å². The van der Waals surface area contributed by atoms with Gasteiger partial charge < -0.3 is 20.5 Å². The first kappa shape index (κ1) is 16.0. The lowest BCUT2D eigenvalue weighted by atomic mass is 10.1. The van der Waals surface area contributed by atoms with Crippen LogP contribution in [0.15, 0.2) is 47.3 Å². The van der Waals surface area contributed by atoms with Gasteiger partial charge >= 0.3 is 0 Å². The van der Waals surface area contributed by atoms with Gasteiger partial charge in [0.1, 0.15) is 17.1 Å². The number of nitro benzene ring substituents is 1. The monoisotopic (exact) mass is 341 g/mol. The SMILES string of the molecule is O=C(Nc1ccc(O)cc1)c1c(O)c2cc([N+](=O)[O-])ccc2[nH]c1=O. The summed E-state index contributed by atoms with van der Waals surface area (Å²) in [6, 6.07) is 9.00. The number of pyridine rings is 1. The molecule has 0 aliphatic carbocycles. The van der Waals surface area contributed by atoms with E-state index in [1.54, 1.807) is 0 Å². The molecule has 2 aromatic carbocycles. The number of H-pyrrole nitrogens is 1. The van der Waals surface area contributed by atoms with Crippen LogP contribution in [-0.4, -0.2) is 26.0 Å². The largest absolute Gasteiger partial charge is 0.508 e. The molecule has 1 aromatic heterocycles. The van der Waals surface area contributed by atoms with Crippen LogP contribution >= 0.6 is 0 Å². The van der Waals surface area contributed by atoms with Crippen molar-refractivity contribution in [1.29, 1.82) is 0 Å². The number of carbonyl (C=O) groups is 1. The Morgan fingerprint density at radius 3 is 2.44 bits per heavy atom. The third-order valence-corrected chi connectivity index (χ3v) is 3.53. The maximum atomic E-state index is 12.3. The zero-order chi connectivity index (χ0) is 18.1. The van der Waals surface area contributed by atoms with Crippen molar-refractivity contribution in [3.8, 4) is 11.5 Å². The average molecular weight is 341 g/mol. The van der Waals surface area contributed by atoms with Crippen molar-refractivity contribution in [2.45, 2.75) is 0 Å². The van der Waals surface area contributed by atoms with Gasteiger partial charge in [0, 0.05) is 23.2 Å². The predicted octanol–water partition coefficient (Wildman–Crippen LogP) is 2.10. The van der Waals surface area contributed by atoms with E-state index in [-0.39, 0.29) is 22.3 Å². The maximum absolute atomic E-state index is 12.3. The molecule has 0 atom stereocenters. The van der Waals surface area contributed by atoms with Crippen molar-refractivity contribution < 1.29 is 19.9 Å². The van der Waals surface area contributed by atoms with E-state index in [0.717, 1.165) is 6.07 Å². The van der Waals surface area contributed by atoms with Crippen LogP contribution in [0.2, 0.25) is 0 Å². The summed E-state index contributed by atoms with van der Waals surface area (Å²) in [4.78, 5) is 37.0. The highest BCUT2D eigenvalue weighted by atomic mass is 16.6. The first-order valence-corrected chi connectivity index (χ1v) is 7.00. The Hall–Kier alpha value is -3.88. The number of carbonyl (C=O) groups excluding carboxylic acids is 1. The summed E-state index contributed by atoms with van der Waals surface area (Å²) in [5, 5.41) is 32.8. The quantitative estimate of drug-likeness (QED) is 0.326. The number of aromatic nitrogens is 1. The van der Waals surface area contributed by atoms with Crippen LogP contribution in [0.25, 0.3) is 10.9 Å². The summed E-state index contributed by atoms with van der Waals surface area (Å²) >= 11 is 0. The van der Waals surface area contributed by atoms with Crippen LogP contribution in [0.4, 0.5) is 11.4 Å². The lowest BCUT2D eigenvalue weighted by Crippen LogP contribution is -2.23. The number of fused-ring (bicyclic) bond motifs is 1. The average Bonchev–Trinajstić information content (AvgIpc) is 2.56. The minimum absolute atomic E-state index is 0.00305. The molecule has 0 spiro atoms. The highest BCUT2D eigenvalue weighted by Gasteiger charge is 2.21. The minimum atomic E-state index is -0.891. The number of aromatic amines is 1.